The van der Waals surface area contributed by atoms with E-state index in [1.165, 1.54) is 24.8 Å². The van der Waals surface area contributed by atoms with Crippen LogP contribution in [0.3, 0.4) is 0 Å². The molecule has 1 N–H and O–H groups in total. The Morgan fingerprint density at radius 3 is 2.53 bits per heavy atom. The average Bonchev–Trinajstić information content (AvgIpc) is 2.30. The summed E-state index contributed by atoms with van der Waals surface area (Å²) in [6.45, 7) is 6.74. The van der Waals surface area contributed by atoms with Crippen LogP contribution in [0.5, 0.6) is 0 Å². The molecule has 0 fully saturated rings. The van der Waals surface area contributed by atoms with Crippen molar-refractivity contribution < 1.29 is 0 Å². The van der Waals surface area contributed by atoms with Crippen molar-refractivity contribution in [3.63, 3.8) is 0 Å². The standard InChI is InChI=1S/C14H23N/c1-3-15-12-8-7-9-13(2)14-10-5-4-6-11-14/h4-6,10-11,13,15H,3,7-9,12H2,1-2H3. The Bertz CT molecular complexity index is 243. The van der Waals surface area contributed by atoms with Crippen molar-refractivity contribution in [2.45, 2.75) is 39.0 Å². The predicted molar refractivity (Wildman–Crippen MR) is 67.3 cm³/mol. The maximum atomic E-state index is 3.36. The molecule has 84 valence electrons. The Labute approximate surface area is 93.9 Å². The van der Waals surface area contributed by atoms with Gasteiger partial charge in [-0.1, -0.05) is 50.6 Å². The molecule has 1 atom stereocenters. The Morgan fingerprint density at radius 1 is 1.13 bits per heavy atom. The highest BCUT2D eigenvalue weighted by molar-refractivity contribution is 5.18. The van der Waals surface area contributed by atoms with E-state index < -0.39 is 0 Å². The molecule has 1 unspecified atom stereocenters. The van der Waals surface area contributed by atoms with E-state index >= 15 is 0 Å². The molecule has 0 aliphatic carbocycles. The number of benzene rings is 1. The molecule has 0 aliphatic rings. The summed E-state index contributed by atoms with van der Waals surface area (Å²) in [6.07, 6.45) is 3.92. The summed E-state index contributed by atoms with van der Waals surface area (Å²) in [5, 5.41) is 3.36. The summed E-state index contributed by atoms with van der Waals surface area (Å²) in [7, 11) is 0. The molecule has 1 heteroatoms. The van der Waals surface area contributed by atoms with E-state index in [2.05, 4.69) is 49.5 Å². The van der Waals surface area contributed by atoms with E-state index in [-0.39, 0.29) is 0 Å². The van der Waals surface area contributed by atoms with Gasteiger partial charge in [-0.25, -0.2) is 0 Å². The van der Waals surface area contributed by atoms with Crippen molar-refractivity contribution in [2.24, 2.45) is 0 Å². The van der Waals surface area contributed by atoms with Gasteiger partial charge < -0.3 is 5.32 Å². The fourth-order valence-corrected chi connectivity index (χ4v) is 1.83. The highest BCUT2D eigenvalue weighted by Crippen LogP contribution is 2.20. The lowest BCUT2D eigenvalue weighted by Crippen LogP contribution is -2.13. The number of hydrogen-bond acceptors (Lipinski definition) is 1. The van der Waals surface area contributed by atoms with E-state index in [1.807, 2.05) is 0 Å². The second kappa shape index (κ2) is 7.47. The van der Waals surface area contributed by atoms with Crippen LogP contribution in [0.25, 0.3) is 0 Å². The predicted octanol–water partition coefficient (Wildman–Crippen LogP) is 3.57. The first-order valence-corrected chi connectivity index (χ1v) is 6.10. The van der Waals surface area contributed by atoms with E-state index in [9.17, 15) is 0 Å². The molecular formula is C14H23N. The third-order valence-electron chi connectivity index (χ3n) is 2.86. The Balaban J connectivity index is 2.16. The van der Waals surface area contributed by atoms with Crippen molar-refractivity contribution in [1.82, 2.24) is 5.32 Å². The molecule has 1 rings (SSSR count). The molecule has 0 aromatic heterocycles. The molecular weight excluding hydrogens is 182 g/mol. The Hall–Kier alpha value is -0.820. The smallest absolute Gasteiger partial charge is 0.00490 e. The third-order valence-corrected chi connectivity index (χ3v) is 2.86. The van der Waals surface area contributed by atoms with Crippen molar-refractivity contribution in [3.05, 3.63) is 35.9 Å². The summed E-state index contributed by atoms with van der Waals surface area (Å²) < 4.78 is 0. The lowest BCUT2D eigenvalue weighted by molar-refractivity contribution is 0.575. The van der Waals surface area contributed by atoms with Gasteiger partial charge in [-0.3, -0.25) is 0 Å². The largest absolute Gasteiger partial charge is 0.317 e. The normalized spacial score (nSPS) is 12.7. The zero-order chi connectivity index (χ0) is 10.9. The average molecular weight is 205 g/mol. The van der Waals surface area contributed by atoms with Crippen molar-refractivity contribution in [3.8, 4) is 0 Å². The van der Waals surface area contributed by atoms with Gasteiger partial charge in [0.15, 0.2) is 0 Å². The van der Waals surface area contributed by atoms with E-state index in [0.29, 0.717) is 5.92 Å². The molecule has 0 saturated carbocycles. The van der Waals surface area contributed by atoms with E-state index in [1.54, 1.807) is 0 Å². The molecule has 0 spiro atoms. The van der Waals surface area contributed by atoms with Crippen LogP contribution in [-0.4, -0.2) is 13.1 Å². The van der Waals surface area contributed by atoms with E-state index in [0.717, 1.165) is 13.1 Å². The van der Waals surface area contributed by atoms with Crippen LogP contribution in [-0.2, 0) is 0 Å². The summed E-state index contributed by atoms with van der Waals surface area (Å²) in [5.41, 5.74) is 1.47. The number of nitrogens with one attached hydrogen (secondary N) is 1. The molecule has 0 radical (unpaired) electrons. The number of rotatable bonds is 7. The van der Waals surface area contributed by atoms with Gasteiger partial charge in [0, 0.05) is 0 Å². The monoisotopic (exact) mass is 205 g/mol. The van der Waals surface area contributed by atoms with Crippen LogP contribution in [0.1, 0.15) is 44.6 Å². The van der Waals surface area contributed by atoms with Gasteiger partial charge in [-0.15, -0.1) is 0 Å². The van der Waals surface area contributed by atoms with Crippen LogP contribution >= 0.6 is 0 Å². The fourth-order valence-electron chi connectivity index (χ4n) is 1.83. The van der Waals surface area contributed by atoms with Gasteiger partial charge >= 0.3 is 0 Å². The summed E-state index contributed by atoms with van der Waals surface area (Å²) in [4.78, 5) is 0. The summed E-state index contributed by atoms with van der Waals surface area (Å²) in [6, 6.07) is 10.8. The van der Waals surface area contributed by atoms with Crippen LogP contribution < -0.4 is 5.32 Å². The number of hydrogen-bond donors (Lipinski definition) is 1. The maximum Gasteiger partial charge on any atom is -0.00490 e. The second-order valence-corrected chi connectivity index (χ2v) is 4.16. The topological polar surface area (TPSA) is 12.0 Å². The van der Waals surface area contributed by atoms with Gasteiger partial charge in [0.2, 0.25) is 0 Å². The quantitative estimate of drug-likeness (QED) is 0.671. The highest BCUT2D eigenvalue weighted by atomic mass is 14.8. The van der Waals surface area contributed by atoms with Crippen LogP contribution in [0.4, 0.5) is 0 Å². The first-order chi connectivity index (χ1) is 7.34. The summed E-state index contributed by atoms with van der Waals surface area (Å²) >= 11 is 0. The van der Waals surface area contributed by atoms with Gasteiger partial charge in [-0.2, -0.15) is 0 Å². The molecule has 1 nitrogen and oxygen atoms in total. The Morgan fingerprint density at radius 2 is 1.87 bits per heavy atom. The van der Waals surface area contributed by atoms with Crippen LogP contribution in [0.2, 0.25) is 0 Å². The SMILES string of the molecule is CCNCCCCC(C)c1ccccc1. The van der Waals surface area contributed by atoms with Gasteiger partial charge in [-0.05, 0) is 37.4 Å². The van der Waals surface area contributed by atoms with Crippen LogP contribution in [0.15, 0.2) is 30.3 Å². The lowest BCUT2D eigenvalue weighted by atomic mass is 9.95. The third kappa shape index (κ3) is 4.98. The molecule has 1 aromatic rings. The minimum absolute atomic E-state index is 0.702. The fraction of sp³-hybridized carbons (Fsp3) is 0.571. The lowest BCUT2D eigenvalue weighted by Gasteiger charge is -2.11. The maximum absolute atomic E-state index is 3.36. The first kappa shape index (κ1) is 12.3. The molecule has 1 aromatic carbocycles. The van der Waals surface area contributed by atoms with Crippen molar-refractivity contribution >= 4 is 0 Å². The first-order valence-electron chi connectivity index (χ1n) is 6.10. The molecule has 0 amide bonds. The zero-order valence-corrected chi connectivity index (χ0v) is 10.00. The summed E-state index contributed by atoms with van der Waals surface area (Å²) in [5.74, 6) is 0.702. The molecule has 0 aliphatic heterocycles. The van der Waals surface area contributed by atoms with E-state index in [4.69, 9.17) is 0 Å². The molecule has 0 heterocycles. The second-order valence-electron chi connectivity index (χ2n) is 4.16. The zero-order valence-electron chi connectivity index (χ0n) is 10.00. The minimum atomic E-state index is 0.702. The van der Waals surface area contributed by atoms with Gasteiger partial charge in [0.05, 0.1) is 0 Å². The minimum Gasteiger partial charge on any atom is -0.317 e. The molecule has 0 bridgehead atoms. The number of unbranched alkanes of at least 4 members (excludes halogenated alkanes) is 1. The molecule has 0 saturated heterocycles. The highest BCUT2D eigenvalue weighted by Gasteiger charge is 2.03. The Kier molecular flexibility index (Phi) is 6.10. The van der Waals surface area contributed by atoms with Gasteiger partial charge in [0.25, 0.3) is 0 Å². The van der Waals surface area contributed by atoms with Gasteiger partial charge in [0.1, 0.15) is 0 Å². The van der Waals surface area contributed by atoms with Crippen molar-refractivity contribution in [2.75, 3.05) is 13.1 Å². The van der Waals surface area contributed by atoms with Crippen LogP contribution in [0, 0.1) is 0 Å². The molecule has 15 heavy (non-hydrogen) atoms. The van der Waals surface area contributed by atoms with Crippen molar-refractivity contribution in [1.29, 1.82) is 0 Å².